The topological polar surface area (TPSA) is 32.3 Å². The highest BCUT2D eigenvalue weighted by Crippen LogP contribution is 2.26. The van der Waals surface area contributed by atoms with E-state index in [9.17, 15) is 4.79 Å². The molecule has 17 heavy (non-hydrogen) atoms. The zero-order chi connectivity index (χ0) is 12.4. The standard InChI is InChI=1S/C13H17ClN2O/c1-9-3-6-11(14)12(7-9)15-8-13(17)16(2)10-4-5-10/h3,6-7,10,15H,4-5,8H2,1-2H3. The van der Waals surface area contributed by atoms with Gasteiger partial charge in [0.25, 0.3) is 0 Å². The highest BCUT2D eigenvalue weighted by molar-refractivity contribution is 6.33. The molecule has 0 saturated heterocycles. The van der Waals surface area contributed by atoms with Gasteiger partial charge < -0.3 is 10.2 Å². The third-order valence-corrected chi connectivity index (χ3v) is 3.37. The average molecular weight is 253 g/mol. The largest absolute Gasteiger partial charge is 0.375 e. The van der Waals surface area contributed by atoms with Crippen molar-refractivity contribution < 1.29 is 4.79 Å². The Bertz CT molecular complexity index is 429. The number of hydrogen-bond donors (Lipinski definition) is 1. The van der Waals surface area contributed by atoms with E-state index in [1.165, 1.54) is 0 Å². The van der Waals surface area contributed by atoms with Crippen molar-refractivity contribution in [3.8, 4) is 0 Å². The normalized spacial score (nSPS) is 14.5. The summed E-state index contributed by atoms with van der Waals surface area (Å²) in [6, 6.07) is 6.20. The van der Waals surface area contributed by atoms with Gasteiger partial charge in [-0.1, -0.05) is 17.7 Å². The first kappa shape index (κ1) is 12.2. The van der Waals surface area contributed by atoms with Crippen molar-refractivity contribution in [1.82, 2.24) is 4.90 Å². The van der Waals surface area contributed by atoms with E-state index in [4.69, 9.17) is 11.6 Å². The van der Waals surface area contributed by atoms with Crippen molar-refractivity contribution in [2.45, 2.75) is 25.8 Å². The van der Waals surface area contributed by atoms with Gasteiger partial charge in [0.1, 0.15) is 0 Å². The highest BCUT2D eigenvalue weighted by atomic mass is 35.5. The van der Waals surface area contributed by atoms with E-state index >= 15 is 0 Å². The summed E-state index contributed by atoms with van der Waals surface area (Å²) in [6.07, 6.45) is 2.26. The molecule has 2 rings (SSSR count). The van der Waals surface area contributed by atoms with Crippen LogP contribution in [0.3, 0.4) is 0 Å². The molecule has 0 radical (unpaired) electrons. The smallest absolute Gasteiger partial charge is 0.241 e. The van der Waals surface area contributed by atoms with Gasteiger partial charge in [-0.2, -0.15) is 0 Å². The molecule has 1 fully saturated rings. The van der Waals surface area contributed by atoms with Crippen molar-refractivity contribution in [2.75, 3.05) is 18.9 Å². The van der Waals surface area contributed by atoms with Crippen LogP contribution in [0.4, 0.5) is 5.69 Å². The summed E-state index contributed by atoms with van der Waals surface area (Å²) in [5.41, 5.74) is 1.95. The first-order valence-electron chi connectivity index (χ1n) is 5.83. The molecule has 1 N–H and O–H groups in total. The Balaban J connectivity index is 1.92. The number of hydrogen-bond acceptors (Lipinski definition) is 2. The van der Waals surface area contributed by atoms with Gasteiger partial charge in [-0.05, 0) is 37.5 Å². The summed E-state index contributed by atoms with van der Waals surface area (Å²) < 4.78 is 0. The second kappa shape index (κ2) is 4.96. The highest BCUT2D eigenvalue weighted by Gasteiger charge is 2.29. The van der Waals surface area contributed by atoms with E-state index < -0.39 is 0 Å². The molecular formula is C13H17ClN2O. The number of aryl methyl sites for hydroxylation is 1. The summed E-state index contributed by atoms with van der Waals surface area (Å²) in [5, 5.41) is 3.74. The van der Waals surface area contributed by atoms with Gasteiger partial charge in [-0.25, -0.2) is 0 Å². The fourth-order valence-corrected chi connectivity index (χ4v) is 1.92. The van der Waals surface area contributed by atoms with Crippen LogP contribution in [0.1, 0.15) is 18.4 Å². The molecular weight excluding hydrogens is 236 g/mol. The van der Waals surface area contributed by atoms with Crippen LogP contribution in [0, 0.1) is 6.92 Å². The maximum atomic E-state index is 11.8. The number of carbonyl (C=O) groups excluding carboxylic acids is 1. The Morgan fingerprint density at radius 2 is 2.24 bits per heavy atom. The van der Waals surface area contributed by atoms with Crippen LogP contribution in [0.5, 0.6) is 0 Å². The summed E-state index contributed by atoms with van der Waals surface area (Å²) in [4.78, 5) is 13.6. The third kappa shape index (κ3) is 3.13. The second-order valence-corrected chi connectivity index (χ2v) is 4.98. The molecule has 0 aliphatic heterocycles. The van der Waals surface area contributed by atoms with Crippen LogP contribution in [0.2, 0.25) is 5.02 Å². The van der Waals surface area contributed by atoms with Gasteiger partial charge >= 0.3 is 0 Å². The average Bonchev–Trinajstić information content (AvgIpc) is 3.13. The molecule has 0 aromatic heterocycles. The lowest BCUT2D eigenvalue weighted by Gasteiger charge is -2.17. The maximum Gasteiger partial charge on any atom is 0.241 e. The van der Waals surface area contributed by atoms with Crippen molar-refractivity contribution in [3.05, 3.63) is 28.8 Å². The Morgan fingerprint density at radius 1 is 1.53 bits per heavy atom. The first-order valence-corrected chi connectivity index (χ1v) is 6.21. The molecule has 0 bridgehead atoms. The molecule has 1 aromatic carbocycles. The number of likely N-dealkylation sites (N-methyl/N-ethyl adjacent to an activating group) is 1. The van der Waals surface area contributed by atoms with Crippen molar-refractivity contribution >= 4 is 23.2 Å². The van der Waals surface area contributed by atoms with Crippen LogP contribution in [0.15, 0.2) is 18.2 Å². The van der Waals surface area contributed by atoms with Gasteiger partial charge in [-0.15, -0.1) is 0 Å². The quantitative estimate of drug-likeness (QED) is 0.894. The van der Waals surface area contributed by atoms with Crippen LogP contribution < -0.4 is 5.32 Å². The Hall–Kier alpha value is -1.22. The number of carbonyl (C=O) groups is 1. The summed E-state index contributed by atoms with van der Waals surface area (Å²) >= 11 is 6.05. The third-order valence-electron chi connectivity index (χ3n) is 3.04. The molecule has 3 nitrogen and oxygen atoms in total. The van der Waals surface area contributed by atoms with Gasteiger partial charge in [-0.3, -0.25) is 4.79 Å². The van der Waals surface area contributed by atoms with Crippen LogP contribution in [-0.4, -0.2) is 30.4 Å². The lowest BCUT2D eigenvalue weighted by molar-refractivity contribution is -0.128. The van der Waals surface area contributed by atoms with E-state index in [2.05, 4.69) is 5.32 Å². The summed E-state index contributed by atoms with van der Waals surface area (Å²) in [7, 11) is 1.86. The fraction of sp³-hybridized carbons (Fsp3) is 0.462. The summed E-state index contributed by atoms with van der Waals surface area (Å²) in [5.74, 6) is 0.116. The predicted octanol–water partition coefficient (Wildman–Crippen LogP) is 2.68. The molecule has 1 aromatic rings. The van der Waals surface area contributed by atoms with Gasteiger partial charge in [0.15, 0.2) is 0 Å². The molecule has 4 heteroatoms. The van der Waals surface area contributed by atoms with E-state index in [1.807, 2.05) is 37.1 Å². The Kier molecular flexibility index (Phi) is 3.57. The molecule has 0 heterocycles. The van der Waals surface area contributed by atoms with E-state index in [-0.39, 0.29) is 5.91 Å². The molecule has 0 atom stereocenters. The van der Waals surface area contributed by atoms with E-state index in [0.29, 0.717) is 17.6 Å². The van der Waals surface area contributed by atoms with E-state index in [1.54, 1.807) is 0 Å². The molecule has 1 aliphatic carbocycles. The Labute approximate surface area is 107 Å². The number of anilines is 1. The molecule has 1 aliphatic rings. The number of nitrogens with zero attached hydrogens (tertiary/aromatic N) is 1. The fourth-order valence-electron chi connectivity index (χ4n) is 1.74. The number of rotatable bonds is 4. The number of amides is 1. The minimum absolute atomic E-state index is 0.116. The van der Waals surface area contributed by atoms with Crippen molar-refractivity contribution in [3.63, 3.8) is 0 Å². The van der Waals surface area contributed by atoms with Crippen LogP contribution in [0.25, 0.3) is 0 Å². The molecule has 92 valence electrons. The SMILES string of the molecule is Cc1ccc(Cl)c(NCC(=O)N(C)C2CC2)c1. The first-order chi connectivity index (χ1) is 8.08. The zero-order valence-electron chi connectivity index (χ0n) is 10.2. The minimum atomic E-state index is 0.116. The van der Waals surface area contributed by atoms with Crippen LogP contribution in [-0.2, 0) is 4.79 Å². The number of halogens is 1. The van der Waals surface area contributed by atoms with E-state index in [0.717, 1.165) is 24.1 Å². The predicted molar refractivity (Wildman–Crippen MR) is 70.5 cm³/mol. The molecule has 0 spiro atoms. The number of nitrogens with one attached hydrogen (secondary N) is 1. The lowest BCUT2D eigenvalue weighted by Crippen LogP contribution is -2.33. The summed E-state index contributed by atoms with van der Waals surface area (Å²) in [6.45, 7) is 2.30. The Morgan fingerprint density at radius 3 is 2.88 bits per heavy atom. The molecule has 1 saturated carbocycles. The van der Waals surface area contributed by atoms with Crippen molar-refractivity contribution in [1.29, 1.82) is 0 Å². The number of benzene rings is 1. The van der Waals surface area contributed by atoms with Gasteiger partial charge in [0.05, 0.1) is 17.3 Å². The van der Waals surface area contributed by atoms with Gasteiger partial charge in [0, 0.05) is 13.1 Å². The van der Waals surface area contributed by atoms with Gasteiger partial charge in [0.2, 0.25) is 5.91 Å². The molecule has 0 unspecified atom stereocenters. The maximum absolute atomic E-state index is 11.8. The minimum Gasteiger partial charge on any atom is -0.375 e. The second-order valence-electron chi connectivity index (χ2n) is 4.57. The zero-order valence-corrected chi connectivity index (χ0v) is 10.9. The van der Waals surface area contributed by atoms with Crippen LogP contribution >= 0.6 is 11.6 Å². The lowest BCUT2D eigenvalue weighted by atomic mass is 10.2. The monoisotopic (exact) mass is 252 g/mol. The van der Waals surface area contributed by atoms with Crippen molar-refractivity contribution in [2.24, 2.45) is 0 Å². The molecule has 1 amide bonds.